The zero-order valence-corrected chi connectivity index (χ0v) is 20.1. The lowest BCUT2D eigenvalue weighted by atomic mass is 9.96. The summed E-state index contributed by atoms with van der Waals surface area (Å²) in [6.07, 6.45) is 0.721. The summed E-state index contributed by atoms with van der Waals surface area (Å²) in [6, 6.07) is -0.331. The Bertz CT molecular complexity index is 601. The highest BCUT2D eigenvalue weighted by Crippen LogP contribution is 2.42. The molecule has 1 aliphatic carbocycles. The number of aliphatic imine (C=N–C) groups is 2. The van der Waals surface area contributed by atoms with Gasteiger partial charge in [0.05, 0.1) is 20.3 Å². The van der Waals surface area contributed by atoms with Crippen LogP contribution in [0.25, 0.3) is 0 Å². The van der Waals surface area contributed by atoms with Gasteiger partial charge < -0.3 is 13.9 Å². The van der Waals surface area contributed by atoms with Gasteiger partial charge in [0.15, 0.2) is 8.32 Å². The minimum absolute atomic E-state index is 0.0770. The molecule has 0 spiro atoms. The molecule has 0 aromatic heterocycles. The summed E-state index contributed by atoms with van der Waals surface area (Å²) >= 11 is 0. The van der Waals surface area contributed by atoms with Gasteiger partial charge in [0.2, 0.25) is 11.8 Å². The molecule has 0 amide bonds. The van der Waals surface area contributed by atoms with Gasteiger partial charge in [-0.25, -0.2) is 14.4 Å². The largest absolute Gasteiger partial charge is 0.483 e. The van der Waals surface area contributed by atoms with Gasteiger partial charge in [-0.05, 0) is 49.2 Å². The van der Waals surface area contributed by atoms with Crippen LogP contribution >= 0.6 is 0 Å². The predicted molar refractivity (Wildman–Crippen MR) is 116 cm³/mol. The van der Waals surface area contributed by atoms with Crippen molar-refractivity contribution in [3.05, 3.63) is 0 Å². The van der Waals surface area contributed by atoms with Crippen LogP contribution in [0.5, 0.6) is 0 Å². The first-order valence-electron chi connectivity index (χ1n) is 10.4. The van der Waals surface area contributed by atoms with Crippen molar-refractivity contribution in [1.82, 2.24) is 0 Å². The van der Waals surface area contributed by atoms with E-state index in [1.165, 1.54) is 0 Å². The fraction of sp³-hybridized carbons (Fsp3) is 0.905. The van der Waals surface area contributed by atoms with Crippen molar-refractivity contribution in [3.8, 4) is 0 Å². The first-order valence-corrected chi connectivity index (χ1v) is 13.4. The minimum Gasteiger partial charge on any atom is -0.483 e. The van der Waals surface area contributed by atoms with E-state index in [0.29, 0.717) is 24.6 Å². The van der Waals surface area contributed by atoms with E-state index in [-0.39, 0.29) is 35.1 Å². The smallest absolute Gasteiger partial charge is 0.209 e. The van der Waals surface area contributed by atoms with E-state index in [0.717, 1.165) is 6.42 Å². The first-order chi connectivity index (χ1) is 12.9. The third-order valence-corrected chi connectivity index (χ3v) is 11.0. The first kappa shape index (κ1) is 23.3. The van der Waals surface area contributed by atoms with Crippen molar-refractivity contribution in [2.45, 2.75) is 96.4 Å². The zero-order valence-electron chi connectivity index (χ0n) is 19.1. The Morgan fingerprint density at radius 3 is 2.18 bits per heavy atom. The van der Waals surface area contributed by atoms with Crippen LogP contribution in [-0.2, 0) is 13.9 Å². The van der Waals surface area contributed by atoms with Gasteiger partial charge in [0, 0.05) is 0 Å². The maximum Gasteiger partial charge on any atom is 0.209 e. The van der Waals surface area contributed by atoms with Crippen molar-refractivity contribution < 1.29 is 18.3 Å². The molecule has 0 aromatic carbocycles. The zero-order chi connectivity index (χ0) is 21.3. The van der Waals surface area contributed by atoms with Crippen molar-refractivity contribution in [1.29, 1.82) is 0 Å². The summed E-state index contributed by atoms with van der Waals surface area (Å²) in [6.45, 7) is 15.1. The van der Waals surface area contributed by atoms with E-state index in [2.05, 4.69) is 47.7 Å². The van der Waals surface area contributed by atoms with Crippen LogP contribution in [0.1, 0.15) is 53.9 Å². The molecule has 162 valence electrons. The van der Waals surface area contributed by atoms with Crippen LogP contribution in [0, 0.1) is 11.8 Å². The van der Waals surface area contributed by atoms with Crippen LogP contribution < -0.4 is 0 Å². The van der Waals surface area contributed by atoms with Gasteiger partial charge >= 0.3 is 0 Å². The van der Waals surface area contributed by atoms with Gasteiger partial charge in [-0.1, -0.05) is 34.6 Å². The Balaban J connectivity index is 2.07. The van der Waals surface area contributed by atoms with Crippen molar-refractivity contribution >= 4 is 20.1 Å². The molecule has 7 heteroatoms. The molecule has 1 saturated carbocycles. The average molecular weight is 415 g/mol. The van der Waals surface area contributed by atoms with Gasteiger partial charge in [-0.15, -0.1) is 0 Å². The lowest BCUT2D eigenvalue weighted by molar-refractivity contribution is 0.111. The number of methoxy groups -OCH3 is 2. The third-order valence-electron chi connectivity index (χ3n) is 6.47. The molecule has 0 aromatic rings. The van der Waals surface area contributed by atoms with E-state index in [9.17, 15) is 4.39 Å². The van der Waals surface area contributed by atoms with Crippen molar-refractivity contribution in [2.75, 3.05) is 14.2 Å². The fourth-order valence-electron chi connectivity index (χ4n) is 3.74. The van der Waals surface area contributed by atoms with E-state index in [4.69, 9.17) is 23.9 Å². The summed E-state index contributed by atoms with van der Waals surface area (Å²) in [5.41, 5.74) is 0. The molecular formula is C21H39FN2O3Si. The van der Waals surface area contributed by atoms with Crippen LogP contribution in [0.4, 0.5) is 4.39 Å². The molecule has 4 unspecified atom stereocenters. The second-order valence-corrected chi connectivity index (χ2v) is 14.8. The van der Waals surface area contributed by atoms with Gasteiger partial charge in [-0.3, -0.25) is 0 Å². The molecule has 28 heavy (non-hydrogen) atoms. The molecule has 0 N–H and O–H groups in total. The molecule has 5 atom stereocenters. The van der Waals surface area contributed by atoms with Crippen LogP contribution in [0.2, 0.25) is 18.1 Å². The maximum absolute atomic E-state index is 14.8. The predicted octanol–water partition coefficient (Wildman–Crippen LogP) is 5.01. The van der Waals surface area contributed by atoms with E-state index in [1.807, 2.05) is 0 Å². The second kappa shape index (κ2) is 8.82. The van der Waals surface area contributed by atoms with Gasteiger partial charge in [-0.2, -0.15) is 0 Å². The summed E-state index contributed by atoms with van der Waals surface area (Å²) in [5.74, 6) is 1.75. The fourth-order valence-corrected chi connectivity index (χ4v) is 5.10. The lowest BCUT2D eigenvalue weighted by Crippen LogP contribution is -2.45. The molecular weight excluding hydrogens is 375 g/mol. The quantitative estimate of drug-likeness (QED) is 0.594. The summed E-state index contributed by atoms with van der Waals surface area (Å²) in [4.78, 5) is 9.49. The number of alkyl halides is 1. The average Bonchev–Trinajstić information content (AvgIpc) is 2.91. The normalized spacial score (nSPS) is 31.6. The summed E-state index contributed by atoms with van der Waals surface area (Å²) in [7, 11) is 1.28. The maximum atomic E-state index is 14.8. The molecule has 2 rings (SSSR count). The molecule has 1 heterocycles. The minimum atomic E-state index is -1.99. The Hall–Kier alpha value is -0.953. The number of ether oxygens (including phenoxy) is 2. The lowest BCUT2D eigenvalue weighted by Gasteiger charge is -2.39. The summed E-state index contributed by atoms with van der Waals surface area (Å²) in [5, 5.41) is 0.0770. The number of hydrogen-bond donors (Lipinski definition) is 0. The topological polar surface area (TPSA) is 52.4 Å². The molecule has 1 aliphatic heterocycles. The van der Waals surface area contributed by atoms with Gasteiger partial charge in [0.25, 0.3) is 0 Å². The van der Waals surface area contributed by atoms with Crippen LogP contribution in [-0.4, -0.2) is 58.7 Å². The number of halogens is 1. The Morgan fingerprint density at radius 1 is 1.07 bits per heavy atom. The molecule has 5 nitrogen and oxygen atoms in total. The SMILES string of the molecule is COC1=N[C@@H](CC2CC(F)C(O[Si](C)(C)C(C)(C)C)C2)C(OC)=NC1C(C)C. The summed E-state index contributed by atoms with van der Waals surface area (Å²) < 4.78 is 32.2. The van der Waals surface area contributed by atoms with Crippen LogP contribution in [0.3, 0.4) is 0 Å². The molecule has 0 saturated heterocycles. The van der Waals surface area contributed by atoms with Crippen LogP contribution in [0.15, 0.2) is 9.98 Å². The molecule has 0 bridgehead atoms. The molecule has 0 radical (unpaired) electrons. The second-order valence-electron chi connectivity index (χ2n) is 10.1. The monoisotopic (exact) mass is 414 g/mol. The highest BCUT2D eigenvalue weighted by atomic mass is 28.4. The number of rotatable bonds is 5. The highest BCUT2D eigenvalue weighted by Gasteiger charge is 2.45. The highest BCUT2D eigenvalue weighted by molar-refractivity contribution is 6.74. The standard InChI is InChI=1S/C21H39FN2O3Si/c1-13(2)18-20(26-7)23-16(19(24-18)25-6)11-14-10-15(22)17(12-14)27-28(8,9)21(3,4)5/h13-18H,10-12H2,1-9H3/t14?,15?,16-,17?,18?/m0/s1. The molecule has 1 fully saturated rings. The third kappa shape index (κ3) is 5.15. The number of nitrogens with zero attached hydrogens (tertiary/aromatic N) is 2. The van der Waals surface area contributed by atoms with E-state index in [1.54, 1.807) is 14.2 Å². The van der Waals surface area contributed by atoms with E-state index < -0.39 is 14.5 Å². The Morgan fingerprint density at radius 2 is 1.68 bits per heavy atom. The Kier molecular flexibility index (Phi) is 7.35. The number of hydrogen-bond acceptors (Lipinski definition) is 5. The van der Waals surface area contributed by atoms with Crippen molar-refractivity contribution in [2.24, 2.45) is 21.8 Å². The van der Waals surface area contributed by atoms with Crippen molar-refractivity contribution in [3.63, 3.8) is 0 Å². The van der Waals surface area contributed by atoms with E-state index >= 15 is 0 Å². The Labute approximate surface area is 171 Å². The molecule has 2 aliphatic rings. The van der Waals surface area contributed by atoms with Gasteiger partial charge in [0.1, 0.15) is 18.3 Å².